The van der Waals surface area contributed by atoms with Crippen LogP contribution in [0.15, 0.2) is 30.3 Å². The van der Waals surface area contributed by atoms with E-state index in [2.05, 4.69) is 46.4 Å². The van der Waals surface area contributed by atoms with E-state index in [1.807, 2.05) is 6.07 Å². The predicted molar refractivity (Wildman–Crippen MR) is 101 cm³/mol. The molecule has 0 saturated carbocycles. The average molecular weight is 348 g/mol. The molecule has 140 valence electrons. The van der Waals surface area contributed by atoms with Gasteiger partial charge in [0.2, 0.25) is 0 Å². The number of hydrogen-bond acceptors (Lipinski definition) is 4. The van der Waals surface area contributed by atoms with E-state index in [1.165, 1.54) is 10.5 Å². The predicted octanol–water partition coefficient (Wildman–Crippen LogP) is 1.39. The van der Waals surface area contributed by atoms with E-state index in [0.29, 0.717) is 19.1 Å². The van der Waals surface area contributed by atoms with Crippen molar-refractivity contribution in [1.29, 1.82) is 0 Å². The summed E-state index contributed by atoms with van der Waals surface area (Å²) >= 11 is 0. The second-order valence-electron chi connectivity index (χ2n) is 7.63. The Morgan fingerprint density at radius 1 is 1.32 bits per heavy atom. The number of carbonyl (C=O) groups excluding carboxylic acids is 1. The monoisotopic (exact) mass is 348 g/mol. The number of nitrogens with zero attached hydrogens (tertiary/aromatic N) is 3. The van der Waals surface area contributed by atoms with Crippen molar-refractivity contribution in [3.05, 3.63) is 35.9 Å². The van der Waals surface area contributed by atoms with Crippen LogP contribution >= 0.6 is 0 Å². The summed E-state index contributed by atoms with van der Waals surface area (Å²) in [5, 5.41) is 12.8. The summed E-state index contributed by atoms with van der Waals surface area (Å²) in [6, 6.07) is 10.8. The summed E-state index contributed by atoms with van der Waals surface area (Å²) in [6.45, 7) is 8.15. The van der Waals surface area contributed by atoms with Crippen LogP contribution in [0.25, 0.3) is 0 Å². The van der Waals surface area contributed by atoms with Crippen molar-refractivity contribution >= 4 is 6.03 Å². The summed E-state index contributed by atoms with van der Waals surface area (Å²) in [7, 11) is 3.86. The molecule has 2 N–H and O–H groups in total. The van der Waals surface area contributed by atoms with Gasteiger partial charge in [0, 0.05) is 45.8 Å². The lowest BCUT2D eigenvalue weighted by atomic mass is 10.0. The Hall–Kier alpha value is -1.63. The van der Waals surface area contributed by atoms with Crippen molar-refractivity contribution in [3.8, 4) is 0 Å². The van der Waals surface area contributed by atoms with Gasteiger partial charge in [-0.2, -0.15) is 0 Å². The van der Waals surface area contributed by atoms with Crippen LogP contribution < -0.4 is 5.32 Å². The van der Waals surface area contributed by atoms with Gasteiger partial charge in [0.1, 0.15) is 0 Å². The highest BCUT2D eigenvalue weighted by molar-refractivity contribution is 5.73. The first-order valence-corrected chi connectivity index (χ1v) is 8.95. The van der Waals surface area contributed by atoms with E-state index in [0.717, 1.165) is 26.2 Å². The highest BCUT2D eigenvalue weighted by Crippen LogP contribution is 2.24. The summed E-state index contributed by atoms with van der Waals surface area (Å²) in [5.41, 5.74) is 0.432. The molecule has 0 aromatic heterocycles. The zero-order chi connectivity index (χ0) is 18.4. The van der Waals surface area contributed by atoms with Gasteiger partial charge < -0.3 is 20.2 Å². The average Bonchev–Trinajstić information content (AvgIpc) is 2.55. The van der Waals surface area contributed by atoms with Crippen LogP contribution in [0.5, 0.6) is 0 Å². The first kappa shape index (κ1) is 19.7. The lowest BCUT2D eigenvalue weighted by molar-refractivity contribution is 0.0527. The first-order valence-electron chi connectivity index (χ1n) is 8.95. The fourth-order valence-electron chi connectivity index (χ4n) is 3.31. The topological polar surface area (TPSA) is 59.0 Å². The van der Waals surface area contributed by atoms with E-state index in [4.69, 9.17) is 0 Å². The normalized spacial score (nSPS) is 19.6. The summed E-state index contributed by atoms with van der Waals surface area (Å²) in [6.07, 6.45) is 0. The summed E-state index contributed by atoms with van der Waals surface area (Å²) in [4.78, 5) is 18.5. The molecular weight excluding hydrogens is 316 g/mol. The van der Waals surface area contributed by atoms with Crippen LogP contribution in [0.4, 0.5) is 4.79 Å². The van der Waals surface area contributed by atoms with Crippen molar-refractivity contribution in [3.63, 3.8) is 0 Å². The van der Waals surface area contributed by atoms with Gasteiger partial charge in [0.25, 0.3) is 0 Å². The molecule has 1 aromatic rings. The lowest BCUT2D eigenvalue weighted by Crippen LogP contribution is -2.50. The van der Waals surface area contributed by atoms with Crippen molar-refractivity contribution in [2.24, 2.45) is 0 Å². The van der Waals surface area contributed by atoms with Gasteiger partial charge in [0.15, 0.2) is 0 Å². The van der Waals surface area contributed by atoms with E-state index >= 15 is 0 Å². The van der Waals surface area contributed by atoms with E-state index in [1.54, 1.807) is 20.9 Å². The Morgan fingerprint density at radius 2 is 2.00 bits per heavy atom. The Balaban J connectivity index is 1.87. The quantitative estimate of drug-likeness (QED) is 0.816. The minimum atomic E-state index is -0.887. The van der Waals surface area contributed by atoms with Gasteiger partial charge in [0.05, 0.1) is 12.1 Å². The molecule has 0 spiro atoms. The molecule has 1 aliphatic heterocycles. The standard InChI is InChI=1S/C19H32N4O2/c1-19(2,25)15-22(4)18(24)20-10-11-23-13-12-21(3)14-17(23)16-8-6-5-7-9-16/h5-9,17,25H,10-15H2,1-4H3,(H,20,24). The molecule has 2 amide bonds. The minimum Gasteiger partial charge on any atom is -0.389 e. The molecule has 1 aromatic carbocycles. The van der Waals surface area contributed by atoms with Gasteiger partial charge in [-0.15, -0.1) is 0 Å². The Labute approximate surface area is 151 Å². The second-order valence-corrected chi connectivity index (χ2v) is 7.63. The van der Waals surface area contributed by atoms with Gasteiger partial charge >= 0.3 is 6.03 Å². The van der Waals surface area contributed by atoms with Crippen molar-refractivity contribution in [2.75, 3.05) is 53.4 Å². The second kappa shape index (κ2) is 8.65. The number of amides is 2. The maximum Gasteiger partial charge on any atom is 0.317 e. The van der Waals surface area contributed by atoms with Crippen LogP contribution in [-0.4, -0.2) is 84.8 Å². The Bertz CT molecular complexity index is 544. The fraction of sp³-hybridized carbons (Fsp3) is 0.632. The molecule has 25 heavy (non-hydrogen) atoms. The first-order chi connectivity index (χ1) is 11.8. The van der Waals surface area contributed by atoms with Gasteiger partial charge in [-0.05, 0) is 26.5 Å². The zero-order valence-electron chi connectivity index (χ0n) is 15.9. The summed E-state index contributed by atoms with van der Waals surface area (Å²) in [5.74, 6) is 0. The molecule has 1 aliphatic rings. The maximum atomic E-state index is 12.1. The number of piperazine rings is 1. The Kier molecular flexibility index (Phi) is 6.81. The number of rotatable bonds is 6. The molecule has 1 unspecified atom stereocenters. The molecule has 2 rings (SSSR count). The number of urea groups is 1. The third kappa shape index (κ3) is 6.30. The van der Waals surface area contributed by atoms with Crippen LogP contribution in [0, 0.1) is 0 Å². The molecule has 0 aliphatic carbocycles. The van der Waals surface area contributed by atoms with Crippen LogP contribution in [0.1, 0.15) is 25.5 Å². The molecule has 1 saturated heterocycles. The largest absolute Gasteiger partial charge is 0.389 e. The number of benzene rings is 1. The number of nitrogens with one attached hydrogen (secondary N) is 1. The maximum absolute atomic E-state index is 12.1. The number of likely N-dealkylation sites (N-methyl/N-ethyl adjacent to an activating group) is 2. The fourth-order valence-corrected chi connectivity index (χ4v) is 3.31. The highest BCUT2D eigenvalue weighted by Gasteiger charge is 2.26. The molecule has 6 heteroatoms. The molecule has 6 nitrogen and oxygen atoms in total. The third-order valence-electron chi connectivity index (χ3n) is 4.52. The smallest absolute Gasteiger partial charge is 0.317 e. The van der Waals surface area contributed by atoms with Crippen LogP contribution in [0.3, 0.4) is 0 Å². The third-order valence-corrected chi connectivity index (χ3v) is 4.52. The molecule has 1 fully saturated rings. The molecule has 0 bridgehead atoms. The van der Waals surface area contributed by atoms with E-state index in [9.17, 15) is 9.90 Å². The zero-order valence-corrected chi connectivity index (χ0v) is 15.9. The van der Waals surface area contributed by atoms with Crippen molar-refractivity contribution in [1.82, 2.24) is 20.0 Å². The number of carbonyl (C=O) groups is 1. The molecule has 1 atom stereocenters. The highest BCUT2D eigenvalue weighted by atomic mass is 16.3. The SMILES string of the molecule is CN1CCN(CCNC(=O)N(C)CC(C)(C)O)C(c2ccccc2)C1. The molecule has 1 heterocycles. The van der Waals surface area contributed by atoms with Crippen molar-refractivity contribution in [2.45, 2.75) is 25.5 Å². The van der Waals surface area contributed by atoms with Gasteiger partial charge in [-0.3, -0.25) is 4.90 Å². The molecule has 0 radical (unpaired) electrons. The van der Waals surface area contributed by atoms with E-state index in [-0.39, 0.29) is 6.03 Å². The number of hydrogen-bond donors (Lipinski definition) is 2. The Morgan fingerprint density at radius 3 is 2.64 bits per heavy atom. The lowest BCUT2D eigenvalue weighted by Gasteiger charge is -2.40. The minimum absolute atomic E-state index is 0.146. The van der Waals surface area contributed by atoms with Crippen LogP contribution in [-0.2, 0) is 0 Å². The van der Waals surface area contributed by atoms with Crippen LogP contribution in [0.2, 0.25) is 0 Å². The van der Waals surface area contributed by atoms with Crippen molar-refractivity contribution < 1.29 is 9.90 Å². The van der Waals surface area contributed by atoms with E-state index < -0.39 is 5.60 Å². The van der Waals surface area contributed by atoms with Gasteiger partial charge in [-0.1, -0.05) is 30.3 Å². The number of aliphatic hydroxyl groups is 1. The summed E-state index contributed by atoms with van der Waals surface area (Å²) < 4.78 is 0. The van der Waals surface area contributed by atoms with Gasteiger partial charge in [-0.25, -0.2) is 4.79 Å². The molecular formula is C19H32N4O2.